The van der Waals surface area contributed by atoms with Gasteiger partial charge in [-0.15, -0.1) is 0 Å². The maximum Gasteiger partial charge on any atom is 0.279 e. The molecule has 0 saturated heterocycles. The van der Waals surface area contributed by atoms with Crippen molar-refractivity contribution in [3.8, 4) is 33.6 Å². The molecule has 0 amide bonds. The average Bonchev–Trinajstić information content (AvgIpc) is 2.63. The van der Waals surface area contributed by atoms with Crippen LogP contribution in [0.25, 0.3) is 33.6 Å². The Morgan fingerprint density at radius 3 is 2.09 bits per heavy atom. The van der Waals surface area contributed by atoms with Crippen LogP contribution in [-0.4, -0.2) is 9.97 Å². The molecule has 0 atom stereocenters. The molecular weight excluding hydrogens is 284 g/mol. The molecule has 3 nitrogen and oxygen atoms in total. The molecule has 0 radical (unpaired) electrons. The molecule has 23 heavy (non-hydrogen) atoms. The summed E-state index contributed by atoms with van der Waals surface area (Å²) in [6.07, 6.45) is 1.54. The van der Waals surface area contributed by atoms with E-state index < -0.39 is 0 Å². The van der Waals surface area contributed by atoms with E-state index in [1.807, 2.05) is 60.7 Å². The minimum Gasteiger partial charge on any atom is -0.354 e. The number of aromatic amines is 1. The van der Waals surface area contributed by atoms with E-state index in [1.54, 1.807) is 0 Å². The van der Waals surface area contributed by atoms with Crippen molar-refractivity contribution < 1.29 is 0 Å². The summed E-state index contributed by atoms with van der Waals surface area (Å²) in [5.74, 6) is 0. The number of hydrogen-bond acceptors (Lipinski definition) is 2. The van der Waals surface area contributed by atoms with Gasteiger partial charge in [-0.3, -0.25) is 4.79 Å². The van der Waals surface area contributed by atoms with Gasteiger partial charge in [-0.1, -0.05) is 60.7 Å². The van der Waals surface area contributed by atoms with Gasteiger partial charge in [0, 0.05) is 11.8 Å². The number of fused-ring (bicyclic) bond motifs is 1. The summed E-state index contributed by atoms with van der Waals surface area (Å²) in [6, 6.07) is 23.9. The van der Waals surface area contributed by atoms with E-state index in [9.17, 15) is 4.79 Å². The highest BCUT2D eigenvalue weighted by atomic mass is 16.1. The van der Waals surface area contributed by atoms with E-state index >= 15 is 0 Å². The van der Waals surface area contributed by atoms with Crippen LogP contribution in [0.4, 0.5) is 0 Å². The second-order valence-electron chi connectivity index (χ2n) is 5.37. The average molecular weight is 298 g/mol. The molecule has 2 aliphatic heterocycles. The molecule has 0 saturated carbocycles. The lowest BCUT2D eigenvalue weighted by Gasteiger charge is -2.15. The first kappa shape index (κ1) is 13.5. The van der Waals surface area contributed by atoms with Gasteiger partial charge in [0.15, 0.2) is 0 Å². The summed E-state index contributed by atoms with van der Waals surface area (Å²) >= 11 is 0. The molecule has 3 heteroatoms. The third-order valence-corrected chi connectivity index (χ3v) is 3.92. The van der Waals surface area contributed by atoms with Gasteiger partial charge in [0.1, 0.15) is 0 Å². The predicted octanol–water partition coefficient (Wildman–Crippen LogP) is 4.21. The Bertz CT molecular complexity index is 975. The minimum absolute atomic E-state index is 0.212. The number of rotatable bonds is 2. The van der Waals surface area contributed by atoms with Crippen LogP contribution in [0.2, 0.25) is 0 Å². The Labute approximate surface area is 133 Å². The fourth-order valence-electron chi connectivity index (χ4n) is 2.80. The Morgan fingerprint density at radius 1 is 0.739 bits per heavy atom. The van der Waals surface area contributed by atoms with E-state index in [0.717, 1.165) is 28.1 Å². The first-order valence-corrected chi connectivity index (χ1v) is 7.46. The molecule has 0 aliphatic carbocycles. The van der Waals surface area contributed by atoms with E-state index in [0.29, 0.717) is 5.56 Å². The van der Waals surface area contributed by atoms with Gasteiger partial charge in [-0.05, 0) is 23.3 Å². The van der Waals surface area contributed by atoms with Crippen molar-refractivity contribution in [2.45, 2.75) is 0 Å². The second kappa shape index (κ2) is 5.54. The molecule has 2 heterocycles. The van der Waals surface area contributed by atoms with Crippen molar-refractivity contribution in [2.24, 2.45) is 0 Å². The molecule has 0 fully saturated rings. The van der Waals surface area contributed by atoms with Crippen LogP contribution in [0.5, 0.6) is 0 Å². The number of nitrogens with zero attached hydrogens (tertiary/aromatic N) is 1. The van der Waals surface area contributed by atoms with Crippen molar-refractivity contribution in [3.63, 3.8) is 0 Å². The van der Waals surface area contributed by atoms with Gasteiger partial charge in [0.2, 0.25) is 0 Å². The third-order valence-electron chi connectivity index (χ3n) is 3.92. The van der Waals surface area contributed by atoms with E-state index in [-0.39, 0.29) is 5.56 Å². The highest BCUT2D eigenvalue weighted by Gasteiger charge is 2.15. The molecule has 0 bridgehead atoms. The molecule has 4 rings (SSSR count). The zero-order valence-corrected chi connectivity index (χ0v) is 12.4. The number of H-pyrrole nitrogens is 1. The topological polar surface area (TPSA) is 45.8 Å². The van der Waals surface area contributed by atoms with Crippen LogP contribution in [0, 0.1) is 0 Å². The molecule has 0 spiro atoms. The first-order valence-electron chi connectivity index (χ1n) is 7.46. The van der Waals surface area contributed by atoms with Crippen LogP contribution >= 0.6 is 0 Å². The van der Waals surface area contributed by atoms with Gasteiger partial charge < -0.3 is 4.98 Å². The molecule has 2 aliphatic rings. The van der Waals surface area contributed by atoms with E-state index in [1.165, 1.54) is 6.20 Å². The zero-order valence-electron chi connectivity index (χ0n) is 12.4. The highest BCUT2D eigenvalue weighted by molar-refractivity contribution is 5.85. The van der Waals surface area contributed by atoms with E-state index in [2.05, 4.69) is 22.1 Å². The Kier molecular flexibility index (Phi) is 3.24. The molecule has 2 aromatic carbocycles. The van der Waals surface area contributed by atoms with Crippen molar-refractivity contribution in [2.75, 3.05) is 0 Å². The summed E-state index contributed by atoms with van der Waals surface area (Å²) in [5.41, 5.74) is 5.32. The lowest BCUT2D eigenvalue weighted by molar-refractivity contribution is 1.19. The number of nitrogens with one attached hydrogen (secondary N) is 1. The smallest absolute Gasteiger partial charge is 0.279 e. The van der Waals surface area contributed by atoms with E-state index in [4.69, 9.17) is 0 Å². The zero-order chi connectivity index (χ0) is 15.6. The molecular formula is C20H14N2O. The van der Waals surface area contributed by atoms with Crippen LogP contribution in [0.15, 0.2) is 83.8 Å². The number of benzene rings is 2. The number of aromatic nitrogens is 2. The first-order chi connectivity index (χ1) is 11.3. The maximum absolute atomic E-state index is 12.1. The number of pyridine rings is 2. The quantitative estimate of drug-likeness (QED) is 0.602. The van der Waals surface area contributed by atoms with Crippen molar-refractivity contribution in [3.05, 3.63) is 89.3 Å². The summed E-state index contributed by atoms with van der Waals surface area (Å²) in [6.45, 7) is 0. The highest BCUT2D eigenvalue weighted by Crippen LogP contribution is 2.34. The standard InChI is InChI=1S/C20H14N2O/c23-20-17-13-16(14-7-3-1-4-8-14)19(15-9-5-2-6-10-15)22-18(17)11-12-21-20/h1-13,22H. The Morgan fingerprint density at radius 2 is 1.39 bits per heavy atom. The Balaban J connectivity index is 2.08. The van der Waals surface area contributed by atoms with Crippen molar-refractivity contribution in [1.82, 2.24) is 9.97 Å². The summed E-state index contributed by atoms with van der Waals surface area (Å²) in [7, 11) is 0. The van der Waals surface area contributed by atoms with Gasteiger partial charge in [0.05, 0.1) is 17.0 Å². The Hall–Kier alpha value is -3.20. The van der Waals surface area contributed by atoms with Crippen LogP contribution in [-0.2, 0) is 0 Å². The normalized spacial score (nSPS) is 10.8. The lowest BCUT2D eigenvalue weighted by Crippen LogP contribution is -2.10. The lowest BCUT2D eigenvalue weighted by atomic mass is 9.96. The minimum atomic E-state index is -0.212. The summed E-state index contributed by atoms with van der Waals surface area (Å²) in [4.78, 5) is 19.4. The van der Waals surface area contributed by atoms with Crippen LogP contribution in [0.3, 0.4) is 0 Å². The SMILES string of the molecule is O=c1nccc2[nH]c(-c3ccccc3)c(-c3ccccc3)cc1-2. The molecule has 0 unspecified atom stereocenters. The van der Waals surface area contributed by atoms with Gasteiger partial charge in [-0.25, -0.2) is 4.98 Å². The summed E-state index contributed by atoms with van der Waals surface area (Å²) < 4.78 is 0. The monoisotopic (exact) mass is 298 g/mol. The molecule has 2 aromatic rings. The van der Waals surface area contributed by atoms with Crippen LogP contribution < -0.4 is 5.56 Å². The fourth-order valence-corrected chi connectivity index (χ4v) is 2.80. The van der Waals surface area contributed by atoms with Gasteiger partial charge in [-0.2, -0.15) is 0 Å². The van der Waals surface area contributed by atoms with Gasteiger partial charge in [0.25, 0.3) is 5.56 Å². The second-order valence-corrected chi connectivity index (χ2v) is 5.37. The van der Waals surface area contributed by atoms with Crippen molar-refractivity contribution in [1.29, 1.82) is 0 Å². The van der Waals surface area contributed by atoms with Gasteiger partial charge >= 0.3 is 0 Å². The fraction of sp³-hybridized carbons (Fsp3) is 0. The molecule has 0 aromatic heterocycles. The largest absolute Gasteiger partial charge is 0.354 e. The predicted molar refractivity (Wildman–Crippen MR) is 92.4 cm³/mol. The third kappa shape index (κ3) is 2.42. The summed E-state index contributed by atoms with van der Waals surface area (Å²) in [5, 5.41) is 0. The molecule has 1 N–H and O–H groups in total. The number of hydrogen-bond donors (Lipinski definition) is 1. The van der Waals surface area contributed by atoms with Crippen LogP contribution in [0.1, 0.15) is 0 Å². The maximum atomic E-state index is 12.1. The van der Waals surface area contributed by atoms with Crippen molar-refractivity contribution >= 4 is 0 Å². The molecule has 110 valence electrons.